The fourth-order valence-electron chi connectivity index (χ4n) is 2.73. The summed E-state index contributed by atoms with van der Waals surface area (Å²) in [4.78, 5) is 48.1. The lowest BCUT2D eigenvalue weighted by Crippen LogP contribution is -2.36. The van der Waals surface area contributed by atoms with Gasteiger partial charge in [0.2, 0.25) is 5.91 Å². The molecule has 3 amide bonds. The maximum atomic E-state index is 12.5. The van der Waals surface area contributed by atoms with Crippen molar-refractivity contribution >= 4 is 46.3 Å². The number of nitrogens with one attached hydrogen (secondary N) is 1. The molecule has 2 aromatic rings. The zero-order valence-corrected chi connectivity index (χ0v) is 16.9. The molecule has 0 aliphatic carbocycles. The second kappa shape index (κ2) is 8.37. The summed E-state index contributed by atoms with van der Waals surface area (Å²) in [6.07, 6.45) is 1.30. The van der Waals surface area contributed by atoms with E-state index in [9.17, 15) is 29.6 Å². The number of phenols is 1. The molecule has 0 aromatic heterocycles. The lowest BCUT2D eigenvalue weighted by molar-refractivity contribution is -0.385. The zero-order chi connectivity index (χ0) is 22.0. The molecule has 0 radical (unpaired) electrons. The Labute approximate surface area is 175 Å². The van der Waals surface area contributed by atoms with Gasteiger partial charge in [0.15, 0.2) is 5.75 Å². The molecule has 10 heteroatoms. The highest BCUT2D eigenvalue weighted by atomic mass is 32.2. The van der Waals surface area contributed by atoms with Crippen LogP contribution in [0, 0.1) is 24.0 Å². The number of rotatable bonds is 5. The minimum absolute atomic E-state index is 0.0268. The van der Waals surface area contributed by atoms with Crippen molar-refractivity contribution in [1.29, 1.82) is 0 Å². The van der Waals surface area contributed by atoms with Gasteiger partial charge < -0.3 is 10.4 Å². The minimum Gasteiger partial charge on any atom is -0.502 e. The molecular formula is C20H17N3O6S. The highest BCUT2D eigenvalue weighted by Gasteiger charge is 2.36. The second-order valence-electron chi connectivity index (χ2n) is 6.62. The van der Waals surface area contributed by atoms with Gasteiger partial charge in [-0.2, -0.15) is 0 Å². The van der Waals surface area contributed by atoms with Gasteiger partial charge >= 0.3 is 5.69 Å². The van der Waals surface area contributed by atoms with Crippen LogP contribution in [0.1, 0.15) is 16.7 Å². The molecule has 1 heterocycles. The average molecular weight is 427 g/mol. The van der Waals surface area contributed by atoms with E-state index in [2.05, 4.69) is 5.32 Å². The molecule has 1 fully saturated rings. The summed E-state index contributed by atoms with van der Waals surface area (Å²) in [5, 5.41) is 22.5. The molecule has 0 atom stereocenters. The number of hydrogen-bond acceptors (Lipinski definition) is 7. The Morgan fingerprint density at radius 2 is 1.93 bits per heavy atom. The van der Waals surface area contributed by atoms with Gasteiger partial charge in [-0.15, -0.1) is 0 Å². The molecular weight excluding hydrogens is 410 g/mol. The number of amides is 3. The summed E-state index contributed by atoms with van der Waals surface area (Å²) >= 11 is 0.634. The van der Waals surface area contributed by atoms with Gasteiger partial charge in [0.05, 0.1) is 9.83 Å². The van der Waals surface area contributed by atoms with E-state index in [4.69, 9.17) is 0 Å². The predicted molar refractivity (Wildman–Crippen MR) is 112 cm³/mol. The number of aryl methyl sites for hydroxylation is 2. The molecule has 0 saturated carbocycles. The molecule has 154 valence electrons. The lowest BCUT2D eigenvalue weighted by Gasteiger charge is -2.13. The number of nitro benzene ring substituents is 1. The molecule has 1 aliphatic rings. The van der Waals surface area contributed by atoms with Gasteiger partial charge in [-0.1, -0.05) is 12.1 Å². The van der Waals surface area contributed by atoms with E-state index < -0.39 is 40.0 Å². The number of anilines is 1. The Balaban J connectivity index is 1.73. The highest BCUT2D eigenvalue weighted by molar-refractivity contribution is 8.18. The second-order valence-corrected chi connectivity index (χ2v) is 7.61. The number of nitrogens with zero attached hydrogens (tertiary/aromatic N) is 2. The Bertz CT molecular complexity index is 1110. The van der Waals surface area contributed by atoms with Crippen LogP contribution in [0.3, 0.4) is 0 Å². The van der Waals surface area contributed by atoms with Crippen molar-refractivity contribution in [3.63, 3.8) is 0 Å². The molecule has 0 bridgehead atoms. The Kier molecular flexibility index (Phi) is 5.88. The molecule has 30 heavy (non-hydrogen) atoms. The van der Waals surface area contributed by atoms with Crippen LogP contribution in [0.25, 0.3) is 6.08 Å². The van der Waals surface area contributed by atoms with Crippen molar-refractivity contribution in [2.45, 2.75) is 13.8 Å². The number of imide groups is 1. The number of carbonyl (C=O) groups excluding carboxylic acids is 3. The summed E-state index contributed by atoms with van der Waals surface area (Å²) < 4.78 is 0. The van der Waals surface area contributed by atoms with E-state index in [0.29, 0.717) is 17.4 Å². The maximum Gasteiger partial charge on any atom is 0.311 e. The minimum atomic E-state index is -0.754. The molecule has 2 aromatic carbocycles. The van der Waals surface area contributed by atoms with Crippen molar-refractivity contribution in [2.24, 2.45) is 0 Å². The maximum absolute atomic E-state index is 12.5. The van der Waals surface area contributed by atoms with Crippen LogP contribution < -0.4 is 5.32 Å². The summed E-state index contributed by atoms with van der Waals surface area (Å²) in [5.74, 6) is -1.70. The van der Waals surface area contributed by atoms with Crippen molar-refractivity contribution in [2.75, 3.05) is 11.9 Å². The quantitative estimate of drug-likeness (QED) is 0.424. The van der Waals surface area contributed by atoms with E-state index in [-0.39, 0.29) is 10.5 Å². The molecule has 3 rings (SSSR count). The van der Waals surface area contributed by atoms with Crippen LogP contribution in [0.2, 0.25) is 0 Å². The van der Waals surface area contributed by atoms with Crippen LogP contribution >= 0.6 is 11.8 Å². The van der Waals surface area contributed by atoms with Crippen LogP contribution in [0.15, 0.2) is 41.3 Å². The fraction of sp³-hybridized carbons (Fsp3) is 0.150. The Morgan fingerprint density at radius 1 is 1.20 bits per heavy atom. The van der Waals surface area contributed by atoms with Gasteiger partial charge in [-0.05, 0) is 66.6 Å². The molecule has 0 spiro atoms. The van der Waals surface area contributed by atoms with E-state index in [1.54, 1.807) is 12.1 Å². The molecule has 1 aliphatic heterocycles. The van der Waals surface area contributed by atoms with Crippen LogP contribution in [-0.2, 0) is 9.59 Å². The largest absolute Gasteiger partial charge is 0.502 e. The van der Waals surface area contributed by atoms with Crippen molar-refractivity contribution in [1.82, 2.24) is 4.90 Å². The predicted octanol–water partition coefficient (Wildman–Crippen LogP) is 3.59. The molecule has 0 unspecified atom stereocenters. The number of thioether (sulfide) groups is 1. The molecule has 1 saturated heterocycles. The summed E-state index contributed by atoms with van der Waals surface area (Å²) in [6.45, 7) is 3.39. The van der Waals surface area contributed by atoms with Gasteiger partial charge in [-0.25, -0.2) is 0 Å². The van der Waals surface area contributed by atoms with E-state index in [0.717, 1.165) is 28.2 Å². The number of benzene rings is 2. The SMILES string of the molecule is Cc1ccc(NC(=O)CN2C(=O)SC(=Cc3ccc(O)c([N+](=O)[O-])c3)C2=O)cc1C. The van der Waals surface area contributed by atoms with E-state index in [1.165, 1.54) is 12.1 Å². The van der Waals surface area contributed by atoms with Gasteiger partial charge in [0, 0.05) is 11.8 Å². The monoisotopic (exact) mass is 427 g/mol. The topological polar surface area (TPSA) is 130 Å². The smallest absolute Gasteiger partial charge is 0.311 e. The van der Waals surface area contributed by atoms with Gasteiger partial charge in [0.25, 0.3) is 11.1 Å². The Morgan fingerprint density at radius 3 is 2.60 bits per heavy atom. The van der Waals surface area contributed by atoms with Gasteiger partial charge in [-0.3, -0.25) is 29.4 Å². The summed E-state index contributed by atoms with van der Waals surface area (Å²) in [7, 11) is 0. The first kappa shape index (κ1) is 21.1. The third kappa shape index (κ3) is 4.49. The van der Waals surface area contributed by atoms with Crippen LogP contribution in [0.5, 0.6) is 5.75 Å². The standard InChI is InChI=1S/C20H17N3O6S/c1-11-3-5-14(7-12(11)2)21-18(25)10-22-19(26)17(30-20(22)27)9-13-4-6-16(24)15(8-13)23(28)29/h3-9,24H,10H2,1-2H3,(H,21,25). The van der Waals surface area contributed by atoms with Crippen LogP contribution in [0.4, 0.5) is 16.2 Å². The Hall–Kier alpha value is -3.66. The lowest BCUT2D eigenvalue weighted by atomic mass is 10.1. The first-order chi connectivity index (χ1) is 14.2. The number of carbonyl (C=O) groups is 3. The third-order valence-corrected chi connectivity index (χ3v) is 5.37. The number of nitro groups is 1. The normalized spacial score (nSPS) is 15.0. The summed E-state index contributed by atoms with van der Waals surface area (Å²) in [6, 6.07) is 8.97. The zero-order valence-electron chi connectivity index (χ0n) is 16.0. The molecule has 9 nitrogen and oxygen atoms in total. The van der Waals surface area contributed by atoms with E-state index >= 15 is 0 Å². The third-order valence-electron chi connectivity index (χ3n) is 4.46. The van der Waals surface area contributed by atoms with Crippen molar-refractivity contribution in [3.8, 4) is 5.75 Å². The first-order valence-electron chi connectivity index (χ1n) is 8.75. The highest BCUT2D eigenvalue weighted by Crippen LogP contribution is 2.34. The number of aromatic hydroxyl groups is 1. The average Bonchev–Trinajstić information content (AvgIpc) is 2.93. The van der Waals surface area contributed by atoms with Crippen molar-refractivity contribution in [3.05, 3.63) is 68.1 Å². The first-order valence-corrected chi connectivity index (χ1v) is 9.57. The number of phenolic OH excluding ortho intramolecular Hbond substituents is 1. The number of hydrogen-bond donors (Lipinski definition) is 2. The summed E-state index contributed by atoms with van der Waals surface area (Å²) in [5.41, 5.74) is 2.37. The van der Waals surface area contributed by atoms with Gasteiger partial charge in [0.1, 0.15) is 6.54 Å². The van der Waals surface area contributed by atoms with Crippen molar-refractivity contribution < 1.29 is 24.4 Å². The van der Waals surface area contributed by atoms with Crippen LogP contribution in [-0.4, -0.2) is 38.5 Å². The molecule has 2 N–H and O–H groups in total. The van der Waals surface area contributed by atoms with E-state index in [1.807, 2.05) is 19.9 Å². The fourth-order valence-corrected chi connectivity index (χ4v) is 3.57.